The molecule has 3 aromatic carbocycles. The first-order chi connectivity index (χ1) is 16.1. The Morgan fingerprint density at radius 1 is 0.971 bits per heavy atom. The van der Waals surface area contributed by atoms with Crippen molar-refractivity contribution in [1.82, 2.24) is 15.1 Å². The molecule has 0 amide bonds. The average molecular weight is 476 g/mol. The number of hydrogen-bond acceptors (Lipinski definition) is 5. The van der Waals surface area contributed by atoms with Crippen LogP contribution in [0.3, 0.4) is 0 Å². The maximum Gasteiger partial charge on any atom is 0.320 e. The Kier molecular flexibility index (Phi) is 7.10. The molecule has 1 fully saturated rings. The number of carbonyl (C=O) groups is 1. The van der Waals surface area contributed by atoms with E-state index in [4.69, 9.17) is 4.42 Å². The minimum Gasteiger partial charge on any atom is -0.480 e. The number of likely N-dealkylation sites (tertiary alicyclic amines) is 1. The second-order valence-electron chi connectivity index (χ2n) is 8.42. The molecule has 0 unspecified atom stereocenters. The molecule has 174 valence electrons. The van der Waals surface area contributed by atoms with Crippen LogP contribution in [-0.4, -0.2) is 38.8 Å². The molecule has 5 rings (SSSR count). The van der Waals surface area contributed by atoms with Gasteiger partial charge in [0.15, 0.2) is 0 Å². The number of aliphatic carboxylic acids is 1. The maximum atomic E-state index is 11.5. The van der Waals surface area contributed by atoms with E-state index in [1.54, 1.807) is 0 Å². The first kappa shape index (κ1) is 23.7. The van der Waals surface area contributed by atoms with Gasteiger partial charge < -0.3 is 9.52 Å². The Bertz CT molecular complexity index is 1290. The molecular formula is C27H26ClN3O3. The fourth-order valence-corrected chi connectivity index (χ4v) is 4.58. The number of hydrogen-bond donors (Lipinski definition) is 1. The van der Waals surface area contributed by atoms with Crippen molar-refractivity contribution in [2.24, 2.45) is 0 Å². The van der Waals surface area contributed by atoms with Gasteiger partial charge in [0.05, 0.1) is 0 Å². The van der Waals surface area contributed by atoms with Gasteiger partial charge in [-0.05, 0) is 66.8 Å². The third-order valence-electron chi connectivity index (χ3n) is 6.28. The third kappa shape index (κ3) is 4.74. The minimum absolute atomic E-state index is 0. The smallest absolute Gasteiger partial charge is 0.320 e. The monoisotopic (exact) mass is 475 g/mol. The van der Waals surface area contributed by atoms with Crippen LogP contribution in [0.15, 0.2) is 77.2 Å². The quantitative estimate of drug-likeness (QED) is 0.377. The summed E-state index contributed by atoms with van der Waals surface area (Å²) >= 11 is 0. The van der Waals surface area contributed by atoms with Crippen LogP contribution in [0, 0.1) is 6.92 Å². The van der Waals surface area contributed by atoms with Crippen LogP contribution in [0.1, 0.15) is 24.0 Å². The molecule has 0 saturated carbocycles. The molecule has 0 bridgehead atoms. The van der Waals surface area contributed by atoms with Gasteiger partial charge in [-0.2, -0.15) is 0 Å². The first-order valence-corrected chi connectivity index (χ1v) is 11.2. The topological polar surface area (TPSA) is 79.5 Å². The van der Waals surface area contributed by atoms with E-state index >= 15 is 0 Å². The van der Waals surface area contributed by atoms with Crippen LogP contribution in [0.25, 0.3) is 34.0 Å². The zero-order valence-electron chi connectivity index (χ0n) is 18.8. The molecule has 2 heterocycles. The Morgan fingerprint density at radius 2 is 1.68 bits per heavy atom. The van der Waals surface area contributed by atoms with E-state index in [2.05, 4.69) is 35.3 Å². The second kappa shape index (κ2) is 10.2. The van der Waals surface area contributed by atoms with Gasteiger partial charge in [-0.3, -0.25) is 9.69 Å². The Labute approximate surface area is 204 Å². The molecular weight excluding hydrogens is 450 g/mol. The predicted molar refractivity (Wildman–Crippen MR) is 134 cm³/mol. The molecule has 1 aliphatic heterocycles. The molecule has 7 heteroatoms. The van der Waals surface area contributed by atoms with Crippen molar-refractivity contribution in [2.45, 2.75) is 32.4 Å². The summed E-state index contributed by atoms with van der Waals surface area (Å²) in [6.07, 6.45) is 1.61. The van der Waals surface area contributed by atoms with Gasteiger partial charge in [0.1, 0.15) is 6.04 Å². The summed E-state index contributed by atoms with van der Waals surface area (Å²) in [6.45, 7) is 3.45. The van der Waals surface area contributed by atoms with Gasteiger partial charge in [-0.25, -0.2) is 0 Å². The summed E-state index contributed by atoms with van der Waals surface area (Å²) in [5, 5.41) is 18.1. The van der Waals surface area contributed by atoms with E-state index in [1.165, 1.54) is 0 Å². The summed E-state index contributed by atoms with van der Waals surface area (Å²) in [4.78, 5) is 13.5. The maximum absolute atomic E-state index is 11.5. The zero-order chi connectivity index (χ0) is 22.8. The average Bonchev–Trinajstić information content (AvgIpc) is 3.50. The summed E-state index contributed by atoms with van der Waals surface area (Å²) in [7, 11) is 0. The van der Waals surface area contributed by atoms with Crippen molar-refractivity contribution >= 4 is 18.4 Å². The Balaban J connectivity index is 0.00000274. The van der Waals surface area contributed by atoms with E-state index < -0.39 is 12.0 Å². The van der Waals surface area contributed by atoms with Crippen molar-refractivity contribution in [3.05, 3.63) is 83.9 Å². The number of rotatable bonds is 6. The fraction of sp³-hybridized carbons (Fsp3) is 0.222. The number of carboxylic acid groups (broad SMARTS) is 1. The number of aromatic nitrogens is 2. The minimum atomic E-state index is -0.752. The van der Waals surface area contributed by atoms with Crippen LogP contribution in [-0.2, 0) is 11.3 Å². The Hall–Kier alpha value is -3.48. The van der Waals surface area contributed by atoms with Crippen molar-refractivity contribution in [3.8, 4) is 34.0 Å². The van der Waals surface area contributed by atoms with Crippen molar-refractivity contribution in [2.75, 3.05) is 6.54 Å². The molecule has 0 radical (unpaired) electrons. The van der Waals surface area contributed by atoms with Gasteiger partial charge in [0, 0.05) is 17.7 Å². The number of benzene rings is 3. The lowest BCUT2D eigenvalue weighted by Crippen LogP contribution is -2.35. The summed E-state index contributed by atoms with van der Waals surface area (Å²) < 4.78 is 6.08. The highest BCUT2D eigenvalue weighted by Crippen LogP contribution is 2.32. The van der Waals surface area contributed by atoms with Crippen LogP contribution < -0.4 is 0 Å². The van der Waals surface area contributed by atoms with E-state index in [9.17, 15) is 9.90 Å². The molecule has 1 N–H and O–H groups in total. The van der Waals surface area contributed by atoms with Gasteiger partial charge in [-0.1, -0.05) is 54.6 Å². The molecule has 1 atom stereocenters. The van der Waals surface area contributed by atoms with Crippen LogP contribution >= 0.6 is 12.4 Å². The Morgan fingerprint density at radius 3 is 2.47 bits per heavy atom. The summed E-state index contributed by atoms with van der Waals surface area (Å²) in [5.41, 5.74) is 6.13. The van der Waals surface area contributed by atoms with Crippen LogP contribution in [0.4, 0.5) is 0 Å². The van der Waals surface area contributed by atoms with E-state index in [0.717, 1.165) is 46.3 Å². The SMILES string of the molecule is Cc1c(-c2ccccc2)cccc1-c1nnc(-c2cccc(CN3CCC[C@H]3C(=O)O)c2)o1.Cl. The number of carboxylic acids is 1. The molecule has 1 aromatic heterocycles. The van der Waals surface area contributed by atoms with Gasteiger partial charge in [-0.15, -0.1) is 22.6 Å². The normalized spacial score (nSPS) is 15.7. The first-order valence-electron chi connectivity index (χ1n) is 11.2. The molecule has 1 aliphatic rings. The molecule has 6 nitrogen and oxygen atoms in total. The lowest BCUT2D eigenvalue weighted by Gasteiger charge is -2.21. The van der Waals surface area contributed by atoms with Gasteiger partial charge in [0.25, 0.3) is 0 Å². The highest BCUT2D eigenvalue weighted by molar-refractivity contribution is 5.85. The van der Waals surface area contributed by atoms with Crippen LogP contribution in [0.2, 0.25) is 0 Å². The molecule has 1 saturated heterocycles. The van der Waals surface area contributed by atoms with Crippen molar-refractivity contribution in [3.63, 3.8) is 0 Å². The summed E-state index contributed by atoms with van der Waals surface area (Å²) in [6, 6.07) is 23.8. The van der Waals surface area contributed by atoms with Crippen molar-refractivity contribution in [1.29, 1.82) is 0 Å². The molecule has 0 spiro atoms. The third-order valence-corrected chi connectivity index (χ3v) is 6.28. The predicted octanol–water partition coefficient (Wildman–Crippen LogP) is 5.85. The van der Waals surface area contributed by atoms with Crippen LogP contribution in [0.5, 0.6) is 0 Å². The number of nitrogens with zero attached hydrogens (tertiary/aromatic N) is 3. The zero-order valence-corrected chi connectivity index (χ0v) is 19.7. The second-order valence-corrected chi connectivity index (χ2v) is 8.42. The van der Waals surface area contributed by atoms with Crippen molar-refractivity contribution < 1.29 is 14.3 Å². The molecule has 4 aromatic rings. The van der Waals surface area contributed by atoms with E-state index in [0.29, 0.717) is 24.7 Å². The van der Waals surface area contributed by atoms with E-state index in [1.807, 2.05) is 59.5 Å². The van der Waals surface area contributed by atoms with Gasteiger partial charge in [0.2, 0.25) is 11.8 Å². The van der Waals surface area contributed by atoms with Gasteiger partial charge >= 0.3 is 5.97 Å². The lowest BCUT2D eigenvalue weighted by atomic mass is 9.96. The number of halogens is 1. The lowest BCUT2D eigenvalue weighted by molar-refractivity contribution is -0.142. The molecule has 34 heavy (non-hydrogen) atoms. The fourth-order valence-electron chi connectivity index (χ4n) is 4.58. The summed E-state index contributed by atoms with van der Waals surface area (Å²) in [5.74, 6) is 0.182. The standard InChI is InChI=1S/C27H25N3O3.ClH/c1-18-22(20-9-3-2-4-10-20)12-6-13-23(18)26-29-28-25(33-26)21-11-5-8-19(16-21)17-30-15-7-14-24(30)27(31)32;/h2-6,8-13,16,24H,7,14-15,17H2,1H3,(H,31,32);1H/t24-;/m0./s1. The molecule has 0 aliphatic carbocycles. The highest BCUT2D eigenvalue weighted by Gasteiger charge is 2.30. The van der Waals surface area contributed by atoms with E-state index in [-0.39, 0.29) is 12.4 Å². The highest BCUT2D eigenvalue weighted by atomic mass is 35.5. The largest absolute Gasteiger partial charge is 0.480 e.